The molecule has 1 heterocycles. The highest BCUT2D eigenvalue weighted by molar-refractivity contribution is 7.92. The number of amides is 1. The Kier molecular flexibility index (Phi) is 7.33. The van der Waals surface area contributed by atoms with Gasteiger partial charge in [-0.3, -0.25) is 9.52 Å². The number of carbonyl (C=O) groups excluding carboxylic acids is 1. The van der Waals surface area contributed by atoms with E-state index in [1.165, 1.54) is 47.8 Å². The maximum absolute atomic E-state index is 13.2. The number of rotatable bonds is 7. The molecule has 174 valence electrons. The number of hydrogen-bond donors (Lipinski definition) is 2. The minimum absolute atomic E-state index is 0.0246. The lowest BCUT2D eigenvalue weighted by atomic mass is 10.2. The van der Waals surface area contributed by atoms with Crippen LogP contribution < -0.4 is 14.8 Å². The predicted molar refractivity (Wildman–Crippen MR) is 123 cm³/mol. The number of anilines is 2. The van der Waals surface area contributed by atoms with Crippen molar-refractivity contribution in [3.8, 4) is 5.75 Å². The smallest absolute Gasteiger partial charge is 0.257 e. The molecule has 0 spiro atoms. The number of carbonyl (C=O) groups is 1. The van der Waals surface area contributed by atoms with Crippen molar-refractivity contribution in [3.05, 3.63) is 47.0 Å². The number of methoxy groups -OCH3 is 1. The molecule has 1 aliphatic heterocycles. The van der Waals surface area contributed by atoms with Crippen LogP contribution in [-0.2, 0) is 20.0 Å². The van der Waals surface area contributed by atoms with Crippen LogP contribution in [0.5, 0.6) is 5.75 Å². The summed E-state index contributed by atoms with van der Waals surface area (Å²) in [7, 11) is -5.97. The van der Waals surface area contributed by atoms with Crippen molar-refractivity contribution in [3.63, 3.8) is 0 Å². The zero-order chi connectivity index (χ0) is 23.5. The Morgan fingerprint density at radius 2 is 1.66 bits per heavy atom. The van der Waals surface area contributed by atoms with Crippen molar-refractivity contribution in [1.82, 2.24) is 4.31 Å². The number of benzene rings is 2. The number of halogens is 1. The lowest BCUT2D eigenvalue weighted by Crippen LogP contribution is -2.35. The fraction of sp³-hybridized carbons (Fsp3) is 0.350. The second-order valence-corrected chi connectivity index (χ2v) is 11.4. The van der Waals surface area contributed by atoms with Crippen LogP contribution >= 0.6 is 11.6 Å². The number of hydrogen-bond acceptors (Lipinski definition) is 6. The van der Waals surface area contributed by atoms with Crippen molar-refractivity contribution in [2.24, 2.45) is 0 Å². The molecule has 1 fully saturated rings. The van der Waals surface area contributed by atoms with Gasteiger partial charge in [0.15, 0.2) is 0 Å². The standard InChI is InChI=1S/C20H24ClN3O6S2/c1-30-18-9-7-14(13-19(18)32(28,29)24-10-4-3-5-11-24)22-20(25)16-12-15(6-8-17(16)21)23-31(2,26)27/h6-9,12-13,23H,3-5,10-11H2,1-2H3,(H,22,25). The van der Waals surface area contributed by atoms with Gasteiger partial charge in [-0.25, -0.2) is 16.8 Å². The second-order valence-electron chi connectivity index (χ2n) is 7.35. The highest BCUT2D eigenvalue weighted by Gasteiger charge is 2.29. The topological polar surface area (TPSA) is 122 Å². The van der Waals surface area contributed by atoms with Crippen LogP contribution in [0.1, 0.15) is 29.6 Å². The summed E-state index contributed by atoms with van der Waals surface area (Å²) >= 11 is 6.12. The van der Waals surface area contributed by atoms with Gasteiger partial charge in [-0.15, -0.1) is 0 Å². The Hall–Kier alpha value is -2.34. The molecule has 3 rings (SSSR count). The molecule has 9 nitrogen and oxygen atoms in total. The Morgan fingerprint density at radius 3 is 2.28 bits per heavy atom. The highest BCUT2D eigenvalue weighted by Crippen LogP contribution is 2.31. The SMILES string of the molecule is COc1ccc(NC(=O)c2cc(NS(C)(=O)=O)ccc2Cl)cc1S(=O)(=O)N1CCCCC1. The summed E-state index contributed by atoms with van der Waals surface area (Å²) in [4.78, 5) is 12.8. The summed E-state index contributed by atoms with van der Waals surface area (Å²) in [5.41, 5.74) is 0.422. The van der Waals surface area contributed by atoms with Crippen molar-refractivity contribution in [2.45, 2.75) is 24.2 Å². The maximum atomic E-state index is 13.2. The molecule has 2 aromatic carbocycles. The van der Waals surface area contributed by atoms with Crippen LogP contribution in [0.3, 0.4) is 0 Å². The molecule has 0 aliphatic carbocycles. The van der Waals surface area contributed by atoms with Crippen molar-refractivity contribution < 1.29 is 26.4 Å². The zero-order valence-electron chi connectivity index (χ0n) is 17.6. The average Bonchev–Trinajstić information content (AvgIpc) is 2.74. The first-order chi connectivity index (χ1) is 15.0. The molecular formula is C20H24ClN3O6S2. The third kappa shape index (κ3) is 5.71. The third-order valence-corrected chi connectivity index (χ3v) is 7.72. The van der Waals surface area contributed by atoms with Crippen molar-refractivity contribution >= 4 is 48.9 Å². The average molecular weight is 502 g/mol. The summed E-state index contributed by atoms with van der Waals surface area (Å²) in [5, 5.41) is 2.72. The van der Waals surface area contributed by atoms with Crippen LogP contribution in [0.2, 0.25) is 5.02 Å². The second kappa shape index (κ2) is 9.65. The molecule has 0 bridgehead atoms. The Bertz CT molecular complexity index is 1230. The minimum atomic E-state index is -3.81. The quantitative estimate of drug-likeness (QED) is 0.601. The van der Waals surface area contributed by atoms with E-state index in [0.717, 1.165) is 25.5 Å². The van der Waals surface area contributed by atoms with Crippen LogP contribution in [0.15, 0.2) is 41.3 Å². The van der Waals surface area contributed by atoms with E-state index in [4.69, 9.17) is 16.3 Å². The first-order valence-electron chi connectivity index (χ1n) is 9.78. The first-order valence-corrected chi connectivity index (χ1v) is 13.5. The summed E-state index contributed by atoms with van der Waals surface area (Å²) in [5.74, 6) is -0.454. The molecule has 2 aromatic rings. The Labute approximate surface area is 192 Å². The van der Waals surface area contributed by atoms with Gasteiger partial charge in [0.1, 0.15) is 10.6 Å². The first kappa shape index (κ1) is 24.3. The molecule has 2 N–H and O–H groups in total. The summed E-state index contributed by atoms with van der Waals surface area (Å²) in [6.45, 7) is 0.857. The predicted octanol–water partition coefficient (Wildman–Crippen LogP) is 3.15. The van der Waals surface area contributed by atoms with Gasteiger partial charge in [0.05, 0.1) is 24.0 Å². The fourth-order valence-corrected chi connectivity index (χ4v) is 5.83. The van der Waals surface area contributed by atoms with Gasteiger partial charge >= 0.3 is 0 Å². The number of piperidine rings is 1. The monoisotopic (exact) mass is 501 g/mol. The Balaban J connectivity index is 1.91. The molecule has 0 atom stereocenters. The van der Waals surface area contributed by atoms with E-state index in [1.54, 1.807) is 0 Å². The van der Waals surface area contributed by atoms with Gasteiger partial charge in [0.25, 0.3) is 5.91 Å². The fourth-order valence-electron chi connectivity index (χ4n) is 3.38. The van der Waals surface area contributed by atoms with Crippen molar-refractivity contribution in [2.75, 3.05) is 36.5 Å². The molecule has 32 heavy (non-hydrogen) atoms. The van der Waals surface area contributed by atoms with Gasteiger partial charge in [0, 0.05) is 24.5 Å². The number of ether oxygens (including phenoxy) is 1. The summed E-state index contributed by atoms with van der Waals surface area (Å²) in [6.07, 6.45) is 3.54. The lowest BCUT2D eigenvalue weighted by molar-refractivity contribution is 0.102. The molecule has 0 saturated carbocycles. The molecule has 1 amide bonds. The number of nitrogens with zero attached hydrogens (tertiary/aromatic N) is 1. The van der Waals surface area contributed by atoms with E-state index in [-0.39, 0.29) is 32.6 Å². The van der Waals surface area contributed by atoms with E-state index in [9.17, 15) is 21.6 Å². The van der Waals surface area contributed by atoms with E-state index >= 15 is 0 Å². The van der Waals surface area contributed by atoms with E-state index in [2.05, 4.69) is 10.0 Å². The molecular weight excluding hydrogens is 478 g/mol. The maximum Gasteiger partial charge on any atom is 0.257 e. The molecule has 0 unspecified atom stereocenters. The van der Waals surface area contributed by atoms with Crippen LogP contribution in [0.25, 0.3) is 0 Å². The summed E-state index contributed by atoms with van der Waals surface area (Å²) < 4.78 is 58.2. The minimum Gasteiger partial charge on any atom is -0.495 e. The number of nitrogens with one attached hydrogen (secondary N) is 2. The van der Waals surface area contributed by atoms with Crippen LogP contribution in [0.4, 0.5) is 11.4 Å². The van der Waals surface area contributed by atoms with Crippen molar-refractivity contribution in [1.29, 1.82) is 0 Å². The van der Waals surface area contributed by atoms with Crippen LogP contribution in [0, 0.1) is 0 Å². The third-order valence-electron chi connectivity index (χ3n) is 4.87. The molecule has 1 aliphatic rings. The Morgan fingerprint density at radius 1 is 1.00 bits per heavy atom. The van der Waals surface area contributed by atoms with E-state index < -0.39 is 26.0 Å². The largest absolute Gasteiger partial charge is 0.495 e. The lowest BCUT2D eigenvalue weighted by Gasteiger charge is -2.26. The highest BCUT2D eigenvalue weighted by atomic mass is 35.5. The molecule has 0 radical (unpaired) electrons. The molecule has 1 saturated heterocycles. The van der Waals surface area contributed by atoms with Gasteiger partial charge < -0.3 is 10.1 Å². The number of sulfonamides is 2. The van der Waals surface area contributed by atoms with E-state index in [0.29, 0.717) is 13.1 Å². The normalized spacial score (nSPS) is 15.2. The zero-order valence-corrected chi connectivity index (χ0v) is 20.0. The van der Waals surface area contributed by atoms with Gasteiger partial charge in [-0.2, -0.15) is 4.31 Å². The van der Waals surface area contributed by atoms with Gasteiger partial charge in [-0.1, -0.05) is 18.0 Å². The van der Waals surface area contributed by atoms with Crippen LogP contribution in [-0.4, -0.2) is 53.5 Å². The van der Waals surface area contributed by atoms with E-state index in [1.807, 2.05) is 0 Å². The van der Waals surface area contributed by atoms with Gasteiger partial charge in [-0.05, 0) is 49.2 Å². The molecule has 0 aromatic heterocycles. The van der Waals surface area contributed by atoms with Gasteiger partial charge in [0.2, 0.25) is 20.0 Å². The summed E-state index contributed by atoms with van der Waals surface area (Å²) in [6, 6.07) is 8.44. The molecule has 12 heteroatoms.